The van der Waals surface area contributed by atoms with E-state index >= 15 is 0 Å². The Labute approximate surface area is 168 Å². The van der Waals surface area contributed by atoms with Crippen LogP contribution in [0.2, 0.25) is 0 Å². The highest BCUT2D eigenvalue weighted by atomic mass is 16.5. The molecule has 0 bridgehead atoms. The quantitative estimate of drug-likeness (QED) is 0.817. The molecule has 1 amide bonds. The normalized spacial score (nSPS) is 29.2. The second-order valence-electron chi connectivity index (χ2n) is 8.75. The van der Waals surface area contributed by atoms with Crippen molar-refractivity contribution >= 4 is 5.91 Å². The van der Waals surface area contributed by atoms with E-state index in [1.165, 1.54) is 30.4 Å². The standard InChI is InChI=1S/C23H34N2O3/c26-21-11-10-20(28-22(21)23(27)24-19-8-2-1-3-9-19)13-15-25-14-12-17-6-4-5-7-18(17)16-25/h4-7,19-22,26H,1-3,8-16H2,(H,24,27)/t20-,21-,22-/m0/s1. The van der Waals surface area contributed by atoms with Gasteiger partial charge in [-0.05, 0) is 49.7 Å². The third kappa shape index (κ3) is 4.94. The van der Waals surface area contributed by atoms with Gasteiger partial charge in [0.15, 0.2) is 6.10 Å². The van der Waals surface area contributed by atoms with Crippen molar-refractivity contribution in [3.8, 4) is 0 Å². The molecule has 0 aromatic heterocycles. The van der Waals surface area contributed by atoms with Crippen LogP contribution in [0.3, 0.4) is 0 Å². The second kappa shape index (κ2) is 9.38. The van der Waals surface area contributed by atoms with Crippen molar-refractivity contribution in [3.63, 3.8) is 0 Å². The highest BCUT2D eigenvalue weighted by molar-refractivity contribution is 5.81. The number of nitrogens with zero attached hydrogens (tertiary/aromatic N) is 1. The first-order chi connectivity index (χ1) is 13.7. The summed E-state index contributed by atoms with van der Waals surface area (Å²) in [5.74, 6) is -0.115. The van der Waals surface area contributed by atoms with Crippen molar-refractivity contribution in [2.24, 2.45) is 0 Å². The Balaban J connectivity index is 1.26. The Kier molecular flexibility index (Phi) is 6.65. The molecule has 1 aliphatic carbocycles. The van der Waals surface area contributed by atoms with Crippen LogP contribution in [0.1, 0.15) is 62.5 Å². The maximum absolute atomic E-state index is 12.7. The molecule has 1 saturated heterocycles. The van der Waals surface area contributed by atoms with Crippen LogP contribution in [-0.4, -0.2) is 53.4 Å². The molecular weight excluding hydrogens is 352 g/mol. The van der Waals surface area contributed by atoms with Gasteiger partial charge < -0.3 is 15.2 Å². The Hall–Kier alpha value is -1.43. The summed E-state index contributed by atoms with van der Waals surface area (Å²) in [5, 5.41) is 13.4. The number of carbonyl (C=O) groups excluding carboxylic acids is 1. The maximum Gasteiger partial charge on any atom is 0.252 e. The SMILES string of the molecule is O=C(NC1CCCCC1)[C@H]1O[C@H](CCN2CCc3ccccc3C2)CC[C@@H]1O. The van der Waals surface area contributed by atoms with Crippen molar-refractivity contribution in [2.45, 2.75) is 88.7 Å². The Morgan fingerprint density at radius 1 is 1.11 bits per heavy atom. The zero-order valence-corrected chi connectivity index (χ0v) is 16.8. The molecule has 1 aromatic rings. The van der Waals surface area contributed by atoms with E-state index in [-0.39, 0.29) is 18.1 Å². The molecule has 28 heavy (non-hydrogen) atoms. The van der Waals surface area contributed by atoms with Crippen molar-refractivity contribution in [1.82, 2.24) is 10.2 Å². The molecule has 0 unspecified atom stereocenters. The van der Waals surface area contributed by atoms with Crippen molar-refractivity contribution in [3.05, 3.63) is 35.4 Å². The lowest BCUT2D eigenvalue weighted by molar-refractivity contribution is -0.159. The fraction of sp³-hybridized carbons (Fsp3) is 0.696. The predicted molar refractivity (Wildman–Crippen MR) is 109 cm³/mol. The number of carbonyl (C=O) groups is 1. The fourth-order valence-electron chi connectivity index (χ4n) is 4.92. The lowest BCUT2D eigenvalue weighted by Gasteiger charge is -2.36. The van der Waals surface area contributed by atoms with Gasteiger partial charge in [0.1, 0.15) is 0 Å². The lowest BCUT2D eigenvalue weighted by atomic mass is 9.94. The molecule has 2 N–H and O–H groups in total. The molecule has 0 radical (unpaired) electrons. The van der Waals surface area contributed by atoms with E-state index in [1.807, 2.05) is 0 Å². The van der Waals surface area contributed by atoms with Gasteiger partial charge in [-0.15, -0.1) is 0 Å². The molecule has 1 saturated carbocycles. The van der Waals surface area contributed by atoms with Crippen LogP contribution >= 0.6 is 0 Å². The van der Waals surface area contributed by atoms with Gasteiger partial charge in [-0.1, -0.05) is 43.5 Å². The molecular formula is C23H34N2O3. The number of rotatable bonds is 5. The summed E-state index contributed by atoms with van der Waals surface area (Å²) < 4.78 is 6.07. The van der Waals surface area contributed by atoms with Crippen LogP contribution < -0.4 is 5.32 Å². The Bertz CT molecular complexity index is 659. The highest BCUT2D eigenvalue weighted by Gasteiger charge is 2.36. The summed E-state index contributed by atoms with van der Waals surface area (Å²) in [6.45, 7) is 3.06. The van der Waals surface area contributed by atoms with Gasteiger partial charge in [0, 0.05) is 25.7 Å². The molecule has 2 fully saturated rings. The number of hydrogen-bond acceptors (Lipinski definition) is 4. The van der Waals surface area contributed by atoms with Gasteiger partial charge in [0.2, 0.25) is 0 Å². The molecule has 0 spiro atoms. The van der Waals surface area contributed by atoms with Crippen LogP contribution in [0.4, 0.5) is 0 Å². The lowest BCUT2D eigenvalue weighted by Crippen LogP contribution is -2.52. The third-order valence-corrected chi connectivity index (χ3v) is 6.66. The number of amides is 1. The number of benzene rings is 1. The van der Waals surface area contributed by atoms with Crippen molar-refractivity contribution < 1.29 is 14.6 Å². The highest BCUT2D eigenvalue weighted by Crippen LogP contribution is 2.25. The average Bonchev–Trinajstić information content (AvgIpc) is 2.73. The van der Waals surface area contributed by atoms with E-state index in [2.05, 4.69) is 34.5 Å². The van der Waals surface area contributed by atoms with E-state index < -0.39 is 12.2 Å². The zero-order valence-electron chi connectivity index (χ0n) is 16.8. The molecule has 3 aliphatic rings. The number of aliphatic hydroxyl groups is 1. The number of ether oxygens (including phenoxy) is 1. The minimum absolute atomic E-state index is 0.0580. The molecule has 4 rings (SSSR count). The summed E-state index contributed by atoms with van der Waals surface area (Å²) in [4.78, 5) is 15.1. The second-order valence-corrected chi connectivity index (χ2v) is 8.75. The van der Waals surface area contributed by atoms with Crippen LogP contribution in [0.25, 0.3) is 0 Å². The Morgan fingerprint density at radius 2 is 1.89 bits per heavy atom. The maximum atomic E-state index is 12.7. The third-order valence-electron chi connectivity index (χ3n) is 6.66. The van der Waals surface area contributed by atoms with E-state index in [9.17, 15) is 9.90 Å². The first-order valence-electron chi connectivity index (χ1n) is 11.1. The van der Waals surface area contributed by atoms with E-state index in [0.717, 1.165) is 51.7 Å². The molecule has 1 aromatic carbocycles. The van der Waals surface area contributed by atoms with Gasteiger partial charge in [0.05, 0.1) is 12.2 Å². The zero-order chi connectivity index (χ0) is 19.3. The predicted octanol–water partition coefficient (Wildman–Crippen LogP) is 2.79. The van der Waals surface area contributed by atoms with Gasteiger partial charge in [-0.3, -0.25) is 9.69 Å². The van der Waals surface area contributed by atoms with E-state index in [1.54, 1.807) is 0 Å². The van der Waals surface area contributed by atoms with Gasteiger partial charge in [-0.2, -0.15) is 0 Å². The smallest absolute Gasteiger partial charge is 0.252 e. The summed E-state index contributed by atoms with van der Waals surface area (Å²) >= 11 is 0. The number of aliphatic hydroxyl groups excluding tert-OH is 1. The number of nitrogens with one attached hydrogen (secondary N) is 1. The molecule has 5 heteroatoms. The first-order valence-corrected chi connectivity index (χ1v) is 11.1. The Morgan fingerprint density at radius 3 is 2.71 bits per heavy atom. The van der Waals surface area contributed by atoms with Crippen LogP contribution in [-0.2, 0) is 22.5 Å². The topological polar surface area (TPSA) is 61.8 Å². The summed E-state index contributed by atoms with van der Waals surface area (Å²) in [7, 11) is 0. The van der Waals surface area contributed by atoms with Gasteiger partial charge in [-0.25, -0.2) is 0 Å². The number of fused-ring (bicyclic) bond motifs is 1. The van der Waals surface area contributed by atoms with Crippen molar-refractivity contribution in [2.75, 3.05) is 13.1 Å². The first kappa shape index (κ1) is 19.9. The van der Waals surface area contributed by atoms with Crippen LogP contribution in [0.5, 0.6) is 0 Å². The van der Waals surface area contributed by atoms with Crippen LogP contribution in [0.15, 0.2) is 24.3 Å². The van der Waals surface area contributed by atoms with Crippen molar-refractivity contribution in [1.29, 1.82) is 0 Å². The summed E-state index contributed by atoms with van der Waals surface area (Å²) in [6.07, 6.45) is 7.90. The van der Waals surface area contributed by atoms with Crippen LogP contribution in [0, 0.1) is 0 Å². The number of hydrogen-bond donors (Lipinski definition) is 2. The average molecular weight is 387 g/mol. The van der Waals surface area contributed by atoms with E-state index in [0.29, 0.717) is 6.42 Å². The van der Waals surface area contributed by atoms with E-state index in [4.69, 9.17) is 4.74 Å². The summed E-state index contributed by atoms with van der Waals surface area (Å²) in [5.41, 5.74) is 2.90. The molecule has 154 valence electrons. The molecule has 5 nitrogen and oxygen atoms in total. The minimum atomic E-state index is -0.706. The molecule has 2 heterocycles. The van der Waals surface area contributed by atoms with Gasteiger partial charge in [0.25, 0.3) is 5.91 Å². The molecule has 2 aliphatic heterocycles. The minimum Gasteiger partial charge on any atom is -0.390 e. The monoisotopic (exact) mass is 386 g/mol. The largest absolute Gasteiger partial charge is 0.390 e. The molecule has 3 atom stereocenters. The fourth-order valence-corrected chi connectivity index (χ4v) is 4.92. The summed E-state index contributed by atoms with van der Waals surface area (Å²) in [6, 6.07) is 8.94. The van der Waals surface area contributed by atoms with Gasteiger partial charge >= 0.3 is 0 Å².